The lowest BCUT2D eigenvalue weighted by molar-refractivity contribution is 0.415. The molecule has 0 radical (unpaired) electrons. The number of hydrogen-bond acceptors (Lipinski definition) is 4. The van der Waals surface area contributed by atoms with Gasteiger partial charge >= 0.3 is 0 Å². The molecule has 0 aliphatic rings. The third-order valence-electron chi connectivity index (χ3n) is 4.37. The second-order valence-electron chi connectivity index (χ2n) is 5.94. The molecule has 1 heterocycles. The molecule has 0 saturated carbocycles. The molecule has 4 rings (SSSR count). The summed E-state index contributed by atoms with van der Waals surface area (Å²) in [4.78, 5) is 17.2. The Balaban J connectivity index is 1.91. The Hall–Kier alpha value is -3.47. The summed E-state index contributed by atoms with van der Waals surface area (Å²) in [6, 6.07) is 19.2. The van der Waals surface area contributed by atoms with Crippen molar-refractivity contribution < 1.29 is 4.74 Å². The van der Waals surface area contributed by atoms with Crippen LogP contribution in [-0.4, -0.2) is 23.0 Å². The van der Waals surface area contributed by atoms with Crippen LogP contribution in [0.25, 0.3) is 21.7 Å². The van der Waals surface area contributed by atoms with E-state index in [1.807, 2.05) is 54.6 Å². The zero-order valence-electron chi connectivity index (χ0n) is 14.5. The van der Waals surface area contributed by atoms with Gasteiger partial charge in [-0.05, 0) is 35.9 Å². The van der Waals surface area contributed by atoms with E-state index in [2.05, 4.69) is 10.1 Å². The zero-order valence-corrected chi connectivity index (χ0v) is 14.5. The molecule has 0 fully saturated rings. The molecule has 128 valence electrons. The molecule has 0 spiro atoms. The molecule has 1 aromatic heterocycles. The molecule has 5 heteroatoms. The second-order valence-corrected chi connectivity index (χ2v) is 5.94. The van der Waals surface area contributed by atoms with Gasteiger partial charge in [0.2, 0.25) is 0 Å². The number of benzene rings is 3. The van der Waals surface area contributed by atoms with Crippen LogP contribution in [0, 0.1) is 6.92 Å². The third-order valence-corrected chi connectivity index (χ3v) is 4.37. The largest absolute Gasteiger partial charge is 0.496 e. The number of ether oxygens (including phenoxy) is 1. The van der Waals surface area contributed by atoms with E-state index >= 15 is 0 Å². The highest BCUT2D eigenvalue weighted by Crippen LogP contribution is 2.26. The average Bonchev–Trinajstić information content (AvgIpc) is 2.67. The third kappa shape index (κ3) is 2.63. The predicted octanol–water partition coefficient (Wildman–Crippen LogP) is 3.75. The Morgan fingerprint density at radius 2 is 1.73 bits per heavy atom. The lowest BCUT2D eigenvalue weighted by Crippen LogP contribution is -2.20. The SMILES string of the molecule is COc1ccc2ccccc2c1/C=N\n1c(C)nc2ccccc2c1=O. The first-order valence-corrected chi connectivity index (χ1v) is 8.27. The molecule has 26 heavy (non-hydrogen) atoms. The molecule has 0 atom stereocenters. The Kier molecular flexibility index (Phi) is 3.97. The first kappa shape index (κ1) is 16.0. The number of aryl methyl sites for hydroxylation is 1. The van der Waals surface area contributed by atoms with Crippen LogP contribution in [0.2, 0.25) is 0 Å². The summed E-state index contributed by atoms with van der Waals surface area (Å²) in [7, 11) is 1.62. The van der Waals surface area contributed by atoms with Crippen LogP contribution >= 0.6 is 0 Å². The van der Waals surface area contributed by atoms with E-state index in [1.54, 1.807) is 26.3 Å². The van der Waals surface area contributed by atoms with E-state index < -0.39 is 0 Å². The van der Waals surface area contributed by atoms with Crippen molar-refractivity contribution in [1.82, 2.24) is 9.66 Å². The molecule has 0 saturated heterocycles. The molecular formula is C21H17N3O2. The molecule has 5 nitrogen and oxygen atoms in total. The molecule has 3 aromatic carbocycles. The Labute approximate surface area is 150 Å². The summed E-state index contributed by atoms with van der Waals surface area (Å²) in [6.45, 7) is 1.77. The van der Waals surface area contributed by atoms with Gasteiger partial charge in [-0.3, -0.25) is 4.79 Å². The fourth-order valence-electron chi connectivity index (χ4n) is 3.07. The molecule has 0 aliphatic heterocycles. The van der Waals surface area contributed by atoms with E-state index in [-0.39, 0.29) is 5.56 Å². The van der Waals surface area contributed by atoms with Crippen LogP contribution in [-0.2, 0) is 0 Å². The number of fused-ring (bicyclic) bond motifs is 2. The summed E-state index contributed by atoms with van der Waals surface area (Å²) < 4.78 is 6.80. The smallest absolute Gasteiger partial charge is 0.282 e. The van der Waals surface area contributed by atoms with Crippen molar-refractivity contribution in [3.8, 4) is 5.75 Å². The Bertz CT molecular complexity index is 1210. The minimum absolute atomic E-state index is 0.191. The summed E-state index contributed by atoms with van der Waals surface area (Å²) in [5.74, 6) is 1.23. The average molecular weight is 343 g/mol. The van der Waals surface area contributed by atoms with Crippen LogP contribution in [0.1, 0.15) is 11.4 Å². The number of nitrogens with zero attached hydrogens (tertiary/aromatic N) is 3. The van der Waals surface area contributed by atoms with E-state index in [0.29, 0.717) is 22.5 Å². The molecule has 4 aromatic rings. The monoisotopic (exact) mass is 343 g/mol. The summed E-state index contributed by atoms with van der Waals surface area (Å²) >= 11 is 0. The van der Waals surface area contributed by atoms with Crippen molar-refractivity contribution in [2.75, 3.05) is 7.11 Å². The Morgan fingerprint density at radius 1 is 1.00 bits per heavy atom. The summed E-state index contributed by atoms with van der Waals surface area (Å²) in [5.41, 5.74) is 1.30. The predicted molar refractivity (Wildman–Crippen MR) is 104 cm³/mol. The van der Waals surface area contributed by atoms with Crippen molar-refractivity contribution in [3.05, 3.63) is 82.4 Å². The molecule has 0 N–H and O–H groups in total. The number of methoxy groups -OCH3 is 1. The number of rotatable bonds is 3. The Morgan fingerprint density at radius 3 is 2.54 bits per heavy atom. The topological polar surface area (TPSA) is 56.5 Å². The molecular weight excluding hydrogens is 326 g/mol. The molecule has 0 amide bonds. The van der Waals surface area contributed by atoms with Gasteiger partial charge < -0.3 is 4.74 Å². The van der Waals surface area contributed by atoms with Gasteiger partial charge in [0.1, 0.15) is 11.6 Å². The molecule has 0 unspecified atom stereocenters. The maximum absolute atomic E-state index is 12.8. The van der Waals surface area contributed by atoms with E-state index in [1.165, 1.54) is 4.68 Å². The van der Waals surface area contributed by atoms with Gasteiger partial charge in [-0.25, -0.2) is 4.98 Å². The van der Waals surface area contributed by atoms with Gasteiger partial charge in [0.25, 0.3) is 5.56 Å². The van der Waals surface area contributed by atoms with Gasteiger partial charge in [-0.2, -0.15) is 9.78 Å². The van der Waals surface area contributed by atoms with E-state index in [0.717, 1.165) is 16.3 Å². The normalized spacial score (nSPS) is 11.5. The lowest BCUT2D eigenvalue weighted by Gasteiger charge is -2.09. The minimum atomic E-state index is -0.191. The fourth-order valence-corrected chi connectivity index (χ4v) is 3.07. The fraction of sp³-hybridized carbons (Fsp3) is 0.0952. The number of para-hydroxylation sites is 1. The highest BCUT2D eigenvalue weighted by molar-refractivity contribution is 6.02. The van der Waals surface area contributed by atoms with Crippen LogP contribution < -0.4 is 10.3 Å². The van der Waals surface area contributed by atoms with E-state index in [4.69, 9.17) is 4.74 Å². The van der Waals surface area contributed by atoms with Gasteiger partial charge in [-0.15, -0.1) is 0 Å². The highest BCUT2D eigenvalue weighted by atomic mass is 16.5. The van der Waals surface area contributed by atoms with Crippen LogP contribution in [0.15, 0.2) is 70.6 Å². The van der Waals surface area contributed by atoms with Crippen LogP contribution in [0.4, 0.5) is 0 Å². The minimum Gasteiger partial charge on any atom is -0.496 e. The van der Waals surface area contributed by atoms with Gasteiger partial charge in [-0.1, -0.05) is 42.5 Å². The maximum Gasteiger partial charge on any atom is 0.282 e. The number of aromatic nitrogens is 2. The van der Waals surface area contributed by atoms with E-state index in [9.17, 15) is 4.79 Å². The highest BCUT2D eigenvalue weighted by Gasteiger charge is 2.09. The van der Waals surface area contributed by atoms with Gasteiger partial charge in [0.05, 0.1) is 24.2 Å². The first-order valence-electron chi connectivity index (χ1n) is 8.27. The van der Waals surface area contributed by atoms with Crippen molar-refractivity contribution in [2.24, 2.45) is 5.10 Å². The van der Waals surface area contributed by atoms with Crippen LogP contribution in [0.5, 0.6) is 5.75 Å². The van der Waals surface area contributed by atoms with Gasteiger partial charge in [0.15, 0.2) is 0 Å². The quantitative estimate of drug-likeness (QED) is 0.532. The molecule has 0 aliphatic carbocycles. The van der Waals surface area contributed by atoms with Crippen molar-refractivity contribution in [3.63, 3.8) is 0 Å². The van der Waals surface area contributed by atoms with Crippen molar-refractivity contribution in [2.45, 2.75) is 6.92 Å². The summed E-state index contributed by atoms with van der Waals surface area (Å²) in [6.07, 6.45) is 1.66. The standard InChI is InChI=1S/C21H17N3O2/c1-14-23-19-10-6-5-9-17(19)21(25)24(14)22-13-18-16-8-4-3-7-15(16)11-12-20(18)26-2/h3-13H,1-2H3/b22-13-. The van der Waals surface area contributed by atoms with Gasteiger partial charge in [0, 0.05) is 5.56 Å². The zero-order chi connectivity index (χ0) is 18.1. The lowest BCUT2D eigenvalue weighted by atomic mass is 10.0. The summed E-state index contributed by atoms with van der Waals surface area (Å²) in [5, 5.41) is 7.05. The second kappa shape index (κ2) is 6.44. The maximum atomic E-state index is 12.8. The van der Waals surface area contributed by atoms with Crippen LogP contribution in [0.3, 0.4) is 0 Å². The van der Waals surface area contributed by atoms with Crippen molar-refractivity contribution in [1.29, 1.82) is 0 Å². The molecule has 0 bridgehead atoms. The first-order chi connectivity index (χ1) is 12.7. The number of hydrogen-bond donors (Lipinski definition) is 0. The van der Waals surface area contributed by atoms with Crippen molar-refractivity contribution >= 4 is 27.9 Å².